The minimum Gasteiger partial charge on any atom is -0.493 e. The van der Waals surface area contributed by atoms with E-state index in [4.69, 9.17) is 14.2 Å². The zero-order chi connectivity index (χ0) is 25.8. The number of esters is 1. The van der Waals surface area contributed by atoms with Crippen molar-refractivity contribution in [2.24, 2.45) is 4.99 Å². The molecule has 0 N–H and O–H groups in total. The van der Waals surface area contributed by atoms with Crippen molar-refractivity contribution in [3.05, 3.63) is 108 Å². The average molecular weight is 554 g/mol. The van der Waals surface area contributed by atoms with E-state index >= 15 is 0 Å². The monoisotopic (exact) mass is 553 g/mol. The fourth-order valence-electron chi connectivity index (χ4n) is 3.25. The van der Waals surface area contributed by atoms with Crippen molar-refractivity contribution in [1.82, 2.24) is 0 Å². The molecule has 0 bridgehead atoms. The van der Waals surface area contributed by atoms with Gasteiger partial charge in [0.1, 0.15) is 6.61 Å². The number of rotatable bonds is 8. The smallest absolute Gasteiger partial charge is 0.363 e. The van der Waals surface area contributed by atoms with Gasteiger partial charge in [0.15, 0.2) is 17.2 Å². The van der Waals surface area contributed by atoms with Crippen LogP contribution in [0, 0.1) is 20.2 Å². The number of carbonyl (C=O) groups excluding carboxylic acids is 1. The SMILES string of the molecule is COc1cc(/C=C2\N=C(c3ccc([N+](=O)[O-])cc3)OC2=O)cc(Br)c1OCc1ccc([N+](=O)[O-])cc1. The number of nitro benzene ring substituents is 2. The molecule has 0 saturated carbocycles. The van der Waals surface area contributed by atoms with Crippen LogP contribution < -0.4 is 9.47 Å². The highest BCUT2D eigenvalue weighted by Gasteiger charge is 2.25. The Morgan fingerprint density at radius 3 is 2.19 bits per heavy atom. The van der Waals surface area contributed by atoms with E-state index in [2.05, 4.69) is 20.9 Å². The number of cyclic esters (lactones) is 1. The Morgan fingerprint density at radius 2 is 1.61 bits per heavy atom. The molecule has 1 aliphatic heterocycles. The number of ether oxygens (including phenoxy) is 3. The summed E-state index contributed by atoms with van der Waals surface area (Å²) in [7, 11) is 1.46. The van der Waals surface area contributed by atoms with E-state index in [9.17, 15) is 25.0 Å². The van der Waals surface area contributed by atoms with E-state index in [1.807, 2.05) is 0 Å². The molecule has 0 amide bonds. The van der Waals surface area contributed by atoms with Crippen molar-refractivity contribution in [1.29, 1.82) is 0 Å². The Kier molecular flexibility index (Phi) is 7.06. The highest BCUT2D eigenvalue weighted by Crippen LogP contribution is 2.38. The predicted octanol–water partition coefficient (Wildman–Crippen LogP) is 5.20. The van der Waals surface area contributed by atoms with E-state index in [0.717, 1.165) is 5.56 Å². The van der Waals surface area contributed by atoms with Crippen LogP contribution in [-0.4, -0.2) is 28.8 Å². The van der Waals surface area contributed by atoms with Crippen LogP contribution in [0.3, 0.4) is 0 Å². The van der Waals surface area contributed by atoms with Gasteiger partial charge in [0.05, 0.1) is 21.4 Å². The molecule has 4 rings (SSSR count). The standard InChI is InChI=1S/C24H16BrN3O8/c1-34-21-12-15(10-19(25)22(21)35-13-14-2-6-17(7-3-14)27(30)31)11-20-24(29)36-23(26-20)16-4-8-18(9-5-16)28(32)33/h2-12H,13H2,1H3/b20-11-. The molecule has 0 spiro atoms. The van der Waals surface area contributed by atoms with Crippen LogP contribution in [0.5, 0.6) is 11.5 Å². The molecular weight excluding hydrogens is 538 g/mol. The average Bonchev–Trinajstić information content (AvgIpc) is 3.23. The molecule has 0 aromatic heterocycles. The van der Waals surface area contributed by atoms with Crippen LogP contribution >= 0.6 is 15.9 Å². The maximum absolute atomic E-state index is 12.3. The number of nitrogens with zero attached hydrogens (tertiary/aromatic N) is 3. The Morgan fingerprint density at radius 1 is 1.00 bits per heavy atom. The van der Waals surface area contributed by atoms with Gasteiger partial charge in [-0.2, -0.15) is 0 Å². The third-order valence-corrected chi connectivity index (χ3v) is 5.62. The van der Waals surface area contributed by atoms with Crippen LogP contribution in [0.1, 0.15) is 16.7 Å². The molecule has 3 aromatic carbocycles. The molecule has 0 unspecified atom stereocenters. The van der Waals surface area contributed by atoms with Crippen LogP contribution in [0.2, 0.25) is 0 Å². The number of hydrogen-bond donors (Lipinski definition) is 0. The normalized spacial score (nSPS) is 13.8. The number of benzene rings is 3. The predicted molar refractivity (Wildman–Crippen MR) is 132 cm³/mol. The molecule has 0 radical (unpaired) electrons. The van der Waals surface area contributed by atoms with Gasteiger partial charge in [0, 0.05) is 29.8 Å². The second-order valence-electron chi connectivity index (χ2n) is 7.39. The summed E-state index contributed by atoms with van der Waals surface area (Å²) in [4.78, 5) is 37.2. The fraction of sp³-hybridized carbons (Fsp3) is 0.0833. The van der Waals surface area contributed by atoms with E-state index in [-0.39, 0.29) is 29.6 Å². The molecular formula is C24H16BrN3O8. The van der Waals surface area contributed by atoms with Gasteiger partial charge in [-0.15, -0.1) is 0 Å². The first-order valence-corrected chi connectivity index (χ1v) is 11.1. The second kappa shape index (κ2) is 10.4. The largest absolute Gasteiger partial charge is 0.493 e. The Hall–Kier alpha value is -4.58. The van der Waals surface area contributed by atoms with Gasteiger partial charge < -0.3 is 14.2 Å². The second-order valence-corrected chi connectivity index (χ2v) is 8.24. The van der Waals surface area contributed by atoms with Crippen LogP contribution in [0.15, 0.2) is 75.8 Å². The Labute approximate surface area is 212 Å². The molecule has 0 aliphatic carbocycles. The molecule has 182 valence electrons. The zero-order valence-corrected chi connectivity index (χ0v) is 20.1. The number of non-ortho nitro benzene ring substituents is 2. The lowest BCUT2D eigenvalue weighted by atomic mass is 10.1. The third-order valence-electron chi connectivity index (χ3n) is 5.03. The van der Waals surface area contributed by atoms with Crippen molar-refractivity contribution < 1.29 is 28.9 Å². The lowest BCUT2D eigenvalue weighted by Gasteiger charge is -2.13. The molecule has 11 nitrogen and oxygen atoms in total. The fourth-order valence-corrected chi connectivity index (χ4v) is 3.82. The number of halogens is 1. The summed E-state index contributed by atoms with van der Waals surface area (Å²) in [6.45, 7) is 0.141. The van der Waals surface area contributed by atoms with Gasteiger partial charge in [0.2, 0.25) is 5.90 Å². The zero-order valence-electron chi connectivity index (χ0n) is 18.5. The van der Waals surface area contributed by atoms with Gasteiger partial charge in [-0.1, -0.05) is 0 Å². The number of aliphatic imine (C=N–C) groups is 1. The lowest BCUT2D eigenvalue weighted by Crippen LogP contribution is -2.05. The number of carbonyl (C=O) groups is 1. The van der Waals surface area contributed by atoms with Crippen molar-refractivity contribution in [3.63, 3.8) is 0 Å². The van der Waals surface area contributed by atoms with Crippen LogP contribution in [-0.2, 0) is 16.1 Å². The Balaban J connectivity index is 1.54. The first-order chi connectivity index (χ1) is 17.2. The summed E-state index contributed by atoms with van der Waals surface area (Å²) in [5.74, 6) is 0.151. The summed E-state index contributed by atoms with van der Waals surface area (Å²) < 4.78 is 17.1. The van der Waals surface area contributed by atoms with Gasteiger partial charge in [-0.05, 0) is 69.5 Å². The van der Waals surface area contributed by atoms with Gasteiger partial charge in [-0.3, -0.25) is 20.2 Å². The lowest BCUT2D eigenvalue weighted by molar-refractivity contribution is -0.385. The molecule has 0 saturated heterocycles. The third kappa shape index (κ3) is 5.39. The first kappa shape index (κ1) is 24.5. The Bertz CT molecular complexity index is 1420. The maximum Gasteiger partial charge on any atom is 0.363 e. The summed E-state index contributed by atoms with van der Waals surface area (Å²) in [5, 5.41) is 21.6. The topological polar surface area (TPSA) is 143 Å². The quantitative estimate of drug-likeness (QED) is 0.160. The molecule has 1 heterocycles. The molecule has 12 heteroatoms. The number of nitro groups is 2. The van der Waals surface area contributed by atoms with Gasteiger partial charge >= 0.3 is 5.97 Å². The number of methoxy groups -OCH3 is 1. The highest BCUT2D eigenvalue weighted by molar-refractivity contribution is 9.10. The molecule has 0 fully saturated rings. The molecule has 3 aromatic rings. The molecule has 0 atom stereocenters. The summed E-state index contributed by atoms with van der Waals surface area (Å²) in [5.41, 5.74) is 1.65. The number of hydrogen-bond acceptors (Lipinski definition) is 9. The molecule has 36 heavy (non-hydrogen) atoms. The van der Waals surface area contributed by atoms with Crippen molar-refractivity contribution in [2.45, 2.75) is 6.61 Å². The summed E-state index contributed by atoms with van der Waals surface area (Å²) >= 11 is 3.44. The van der Waals surface area contributed by atoms with Gasteiger partial charge in [0.25, 0.3) is 11.4 Å². The summed E-state index contributed by atoms with van der Waals surface area (Å²) in [6, 6.07) is 14.8. The van der Waals surface area contributed by atoms with E-state index in [0.29, 0.717) is 27.1 Å². The molecule has 1 aliphatic rings. The van der Waals surface area contributed by atoms with Gasteiger partial charge in [-0.25, -0.2) is 9.79 Å². The van der Waals surface area contributed by atoms with Crippen molar-refractivity contribution in [3.8, 4) is 11.5 Å². The summed E-state index contributed by atoms with van der Waals surface area (Å²) in [6.07, 6.45) is 1.51. The van der Waals surface area contributed by atoms with E-state index < -0.39 is 15.8 Å². The van der Waals surface area contributed by atoms with E-state index in [1.54, 1.807) is 24.3 Å². The first-order valence-electron chi connectivity index (χ1n) is 10.3. The van der Waals surface area contributed by atoms with Crippen LogP contribution in [0.4, 0.5) is 11.4 Å². The highest BCUT2D eigenvalue weighted by atomic mass is 79.9. The maximum atomic E-state index is 12.3. The van der Waals surface area contributed by atoms with E-state index in [1.165, 1.54) is 49.6 Å². The minimum absolute atomic E-state index is 0.0141. The van der Waals surface area contributed by atoms with Crippen LogP contribution in [0.25, 0.3) is 6.08 Å². The van der Waals surface area contributed by atoms with Crippen molar-refractivity contribution in [2.75, 3.05) is 7.11 Å². The minimum atomic E-state index is -0.670. The van der Waals surface area contributed by atoms with Crippen molar-refractivity contribution >= 4 is 45.2 Å².